The maximum Gasteiger partial charge on any atom is 0.354 e. The molecule has 0 bridgehead atoms. The van der Waals surface area contributed by atoms with Crippen molar-refractivity contribution in [1.82, 2.24) is 15.0 Å². The average Bonchev–Trinajstić information content (AvgIpc) is 2.79. The quantitative estimate of drug-likeness (QED) is 0.517. The lowest BCUT2D eigenvalue weighted by atomic mass is 10.0. The van der Waals surface area contributed by atoms with Crippen molar-refractivity contribution in [2.75, 3.05) is 0 Å². The predicted molar refractivity (Wildman–Crippen MR) is 110 cm³/mol. The van der Waals surface area contributed by atoms with E-state index in [9.17, 15) is 19.8 Å². The summed E-state index contributed by atoms with van der Waals surface area (Å²) in [5, 5.41) is 18.4. The Morgan fingerprint density at radius 2 is 1.20 bits per heavy atom. The molecule has 0 unspecified atom stereocenters. The average molecular weight is 397 g/mol. The zero-order valence-electron chi connectivity index (χ0n) is 15.6. The van der Waals surface area contributed by atoms with E-state index >= 15 is 0 Å². The molecule has 7 nitrogen and oxygen atoms in total. The van der Waals surface area contributed by atoms with E-state index in [1.54, 1.807) is 18.3 Å². The highest BCUT2D eigenvalue weighted by Crippen LogP contribution is 2.26. The number of hydrogen-bond acceptors (Lipinski definition) is 5. The van der Waals surface area contributed by atoms with Crippen LogP contribution in [0.2, 0.25) is 0 Å². The van der Waals surface area contributed by atoms with Gasteiger partial charge < -0.3 is 10.2 Å². The van der Waals surface area contributed by atoms with Crippen molar-refractivity contribution in [2.45, 2.75) is 0 Å². The molecule has 0 saturated carbocycles. The van der Waals surface area contributed by atoms with Crippen molar-refractivity contribution >= 4 is 11.9 Å². The maximum absolute atomic E-state index is 11.3. The van der Waals surface area contributed by atoms with Crippen molar-refractivity contribution in [2.24, 2.45) is 0 Å². The van der Waals surface area contributed by atoms with Crippen LogP contribution in [0.4, 0.5) is 0 Å². The lowest BCUT2D eigenvalue weighted by Crippen LogP contribution is -2.07. The molecule has 4 rings (SSSR count). The fraction of sp³-hybridized carbons (Fsp3) is 0. The Balaban J connectivity index is 1.69. The summed E-state index contributed by atoms with van der Waals surface area (Å²) in [7, 11) is 0. The third kappa shape index (κ3) is 3.90. The van der Waals surface area contributed by atoms with Crippen molar-refractivity contribution < 1.29 is 19.8 Å². The molecule has 3 aromatic heterocycles. The minimum absolute atomic E-state index is 0.321. The van der Waals surface area contributed by atoms with Gasteiger partial charge in [-0.2, -0.15) is 0 Å². The summed E-state index contributed by atoms with van der Waals surface area (Å²) in [6.45, 7) is 0. The molecule has 0 aliphatic heterocycles. The number of aromatic nitrogens is 3. The molecular weight excluding hydrogens is 382 g/mol. The number of aromatic carboxylic acids is 2. The molecule has 0 saturated heterocycles. The van der Waals surface area contributed by atoms with Crippen LogP contribution in [-0.4, -0.2) is 37.1 Å². The van der Waals surface area contributed by atoms with Crippen LogP contribution in [0.3, 0.4) is 0 Å². The second-order valence-electron chi connectivity index (χ2n) is 6.44. The van der Waals surface area contributed by atoms with Crippen LogP contribution in [0.25, 0.3) is 33.8 Å². The monoisotopic (exact) mass is 397 g/mol. The standard InChI is InChI=1S/C23H15N3O4/c27-22(28)20-12-16(13-21(26-20)23(29)30)14-7-9-15(10-8-14)17-5-3-6-19(25-17)18-4-1-2-11-24-18/h1-13H,(H,27,28)(H,29,30). The summed E-state index contributed by atoms with van der Waals surface area (Å²) in [5.41, 5.74) is 3.64. The van der Waals surface area contributed by atoms with Crippen LogP contribution in [0, 0.1) is 0 Å². The first-order chi connectivity index (χ1) is 14.5. The second-order valence-corrected chi connectivity index (χ2v) is 6.44. The molecule has 0 aliphatic rings. The molecule has 0 aliphatic carbocycles. The smallest absolute Gasteiger partial charge is 0.354 e. The van der Waals surface area contributed by atoms with E-state index < -0.39 is 11.9 Å². The molecule has 0 radical (unpaired) electrons. The lowest BCUT2D eigenvalue weighted by Gasteiger charge is -2.08. The second kappa shape index (κ2) is 7.92. The Morgan fingerprint density at radius 1 is 0.600 bits per heavy atom. The van der Waals surface area contributed by atoms with Crippen molar-refractivity contribution in [3.63, 3.8) is 0 Å². The van der Waals surface area contributed by atoms with Gasteiger partial charge >= 0.3 is 11.9 Å². The van der Waals surface area contributed by atoms with Crippen LogP contribution < -0.4 is 0 Å². The van der Waals surface area contributed by atoms with E-state index in [4.69, 9.17) is 0 Å². The summed E-state index contributed by atoms with van der Waals surface area (Å²) in [5.74, 6) is -2.57. The highest BCUT2D eigenvalue weighted by molar-refractivity contribution is 5.92. The van der Waals surface area contributed by atoms with E-state index in [0.29, 0.717) is 11.1 Å². The van der Waals surface area contributed by atoms with Crippen LogP contribution >= 0.6 is 0 Å². The summed E-state index contributed by atoms with van der Waals surface area (Å²) < 4.78 is 0. The number of benzene rings is 1. The molecule has 0 amide bonds. The highest BCUT2D eigenvalue weighted by Gasteiger charge is 2.14. The van der Waals surface area contributed by atoms with Gasteiger partial charge in [0.25, 0.3) is 0 Å². The number of carbonyl (C=O) groups is 2. The first-order valence-corrected chi connectivity index (χ1v) is 8.99. The van der Waals surface area contributed by atoms with Crippen LogP contribution in [0.15, 0.2) is 79.0 Å². The van der Waals surface area contributed by atoms with E-state index in [1.165, 1.54) is 12.1 Å². The van der Waals surface area contributed by atoms with Crippen molar-refractivity contribution in [3.05, 3.63) is 90.4 Å². The Morgan fingerprint density at radius 3 is 1.80 bits per heavy atom. The van der Waals surface area contributed by atoms with Gasteiger partial charge in [0, 0.05) is 11.8 Å². The van der Waals surface area contributed by atoms with Crippen LogP contribution in [0.5, 0.6) is 0 Å². The Kier molecular flexibility index (Phi) is 5.00. The van der Waals surface area contributed by atoms with Gasteiger partial charge in [-0.15, -0.1) is 0 Å². The maximum atomic E-state index is 11.3. The molecule has 1 aromatic carbocycles. The van der Waals surface area contributed by atoms with Crippen LogP contribution in [-0.2, 0) is 0 Å². The fourth-order valence-electron chi connectivity index (χ4n) is 3.00. The van der Waals surface area contributed by atoms with E-state index in [0.717, 1.165) is 22.6 Å². The third-order valence-corrected chi connectivity index (χ3v) is 4.45. The molecule has 146 valence electrons. The van der Waals surface area contributed by atoms with Gasteiger partial charge in [-0.05, 0) is 47.5 Å². The van der Waals surface area contributed by atoms with Gasteiger partial charge in [0.15, 0.2) is 0 Å². The topological polar surface area (TPSA) is 113 Å². The van der Waals surface area contributed by atoms with E-state index in [2.05, 4.69) is 15.0 Å². The molecule has 0 atom stereocenters. The fourth-order valence-corrected chi connectivity index (χ4v) is 3.00. The number of hydrogen-bond donors (Lipinski definition) is 2. The normalized spacial score (nSPS) is 10.5. The van der Waals surface area contributed by atoms with E-state index in [1.807, 2.05) is 48.5 Å². The number of carboxylic acid groups (broad SMARTS) is 2. The number of pyridine rings is 3. The highest BCUT2D eigenvalue weighted by atomic mass is 16.4. The lowest BCUT2D eigenvalue weighted by molar-refractivity contribution is 0.0685. The number of rotatable bonds is 5. The van der Waals surface area contributed by atoms with Crippen molar-refractivity contribution in [3.8, 4) is 33.8 Å². The molecule has 3 heterocycles. The zero-order valence-corrected chi connectivity index (χ0v) is 15.6. The zero-order chi connectivity index (χ0) is 21.1. The van der Waals surface area contributed by atoms with Crippen LogP contribution in [0.1, 0.15) is 21.0 Å². The first-order valence-electron chi connectivity index (χ1n) is 8.99. The minimum atomic E-state index is -1.29. The van der Waals surface area contributed by atoms with Gasteiger partial charge in [-0.25, -0.2) is 19.6 Å². The van der Waals surface area contributed by atoms with E-state index in [-0.39, 0.29) is 11.4 Å². The molecule has 30 heavy (non-hydrogen) atoms. The molecule has 7 heteroatoms. The van der Waals surface area contributed by atoms with Gasteiger partial charge in [-0.1, -0.05) is 36.4 Å². The molecule has 4 aromatic rings. The minimum Gasteiger partial charge on any atom is -0.477 e. The Bertz CT molecular complexity index is 1210. The Labute approximate surface area is 171 Å². The summed E-state index contributed by atoms with van der Waals surface area (Å²) in [6, 6.07) is 21.3. The largest absolute Gasteiger partial charge is 0.477 e. The van der Waals surface area contributed by atoms with Gasteiger partial charge in [-0.3, -0.25) is 4.98 Å². The predicted octanol–water partition coefficient (Wildman–Crippen LogP) is 4.27. The Hall–Kier alpha value is -4.39. The molecule has 0 spiro atoms. The number of carboxylic acids is 2. The molecule has 0 fully saturated rings. The first kappa shape index (κ1) is 18.9. The SMILES string of the molecule is O=C(O)c1cc(-c2ccc(-c3cccc(-c4ccccn4)n3)cc2)cc(C(=O)O)n1. The third-order valence-electron chi connectivity index (χ3n) is 4.45. The number of nitrogens with zero attached hydrogens (tertiary/aromatic N) is 3. The van der Waals surface area contributed by atoms with Gasteiger partial charge in [0.2, 0.25) is 0 Å². The van der Waals surface area contributed by atoms with Gasteiger partial charge in [0.05, 0.1) is 17.1 Å². The molecule has 2 N–H and O–H groups in total. The summed E-state index contributed by atoms with van der Waals surface area (Å²) >= 11 is 0. The summed E-state index contributed by atoms with van der Waals surface area (Å²) in [6.07, 6.45) is 1.71. The molecular formula is C23H15N3O4. The summed E-state index contributed by atoms with van der Waals surface area (Å²) in [4.78, 5) is 35.2. The van der Waals surface area contributed by atoms with Crippen molar-refractivity contribution in [1.29, 1.82) is 0 Å². The van der Waals surface area contributed by atoms with Gasteiger partial charge in [0.1, 0.15) is 11.4 Å².